The average Bonchev–Trinajstić information content (AvgIpc) is 3.60. The molecule has 1 aliphatic heterocycles. The molecule has 1 saturated heterocycles. The molecule has 0 saturated carbocycles. The Bertz CT molecular complexity index is 1460. The van der Waals surface area contributed by atoms with Crippen LogP contribution in [0.3, 0.4) is 0 Å². The SMILES string of the molecule is N#CCC(C1CCN(c2c(F)c(F)nc(F)c2C#N)C1)n1cc(-c2ncnc3[nH]ccc23)cn1. The molecular weight excluding hydrogens is 447 g/mol. The van der Waals surface area contributed by atoms with Crippen molar-refractivity contribution in [2.45, 2.75) is 18.9 Å². The van der Waals surface area contributed by atoms with Crippen LogP contribution in [0.15, 0.2) is 31.0 Å². The summed E-state index contributed by atoms with van der Waals surface area (Å²) in [4.78, 5) is 15.8. The van der Waals surface area contributed by atoms with Gasteiger partial charge >= 0.3 is 0 Å². The van der Waals surface area contributed by atoms with Crippen molar-refractivity contribution in [3.05, 3.63) is 54.3 Å². The monoisotopic (exact) mass is 463 g/mol. The third kappa shape index (κ3) is 3.49. The number of nitrogens with zero attached hydrogens (tertiary/aromatic N) is 8. The predicted molar refractivity (Wildman–Crippen MR) is 114 cm³/mol. The Morgan fingerprint density at radius 1 is 1.21 bits per heavy atom. The second-order valence-electron chi connectivity index (χ2n) is 7.94. The second kappa shape index (κ2) is 8.48. The fraction of sp³-hybridized carbons (Fsp3) is 0.273. The molecule has 0 radical (unpaired) electrons. The molecule has 5 heterocycles. The first kappa shape index (κ1) is 21.4. The Hall–Kier alpha value is -4.45. The molecule has 2 atom stereocenters. The zero-order valence-corrected chi connectivity index (χ0v) is 17.6. The Balaban J connectivity index is 1.45. The van der Waals surface area contributed by atoms with Crippen LogP contribution >= 0.6 is 0 Å². The quantitative estimate of drug-likeness (QED) is 0.450. The third-order valence-corrected chi connectivity index (χ3v) is 6.09. The number of hydrogen-bond acceptors (Lipinski definition) is 7. The number of nitrogens with one attached hydrogen (secondary N) is 1. The second-order valence-corrected chi connectivity index (χ2v) is 7.94. The van der Waals surface area contributed by atoms with Crippen LogP contribution in [-0.4, -0.2) is 42.8 Å². The number of nitriles is 2. The van der Waals surface area contributed by atoms with E-state index in [9.17, 15) is 23.7 Å². The molecule has 4 aromatic rings. The summed E-state index contributed by atoms with van der Waals surface area (Å²) < 4.78 is 43.9. The fourth-order valence-corrected chi connectivity index (χ4v) is 4.51. The van der Waals surface area contributed by atoms with Gasteiger partial charge in [-0.15, -0.1) is 0 Å². The molecular formula is C22H16F3N9. The van der Waals surface area contributed by atoms with E-state index < -0.39 is 29.0 Å². The van der Waals surface area contributed by atoms with Crippen molar-refractivity contribution in [1.29, 1.82) is 10.5 Å². The molecule has 34 heavy (non-hydrogen) atoms. The number of pyridine rings is 1. The van der Waals surface area contributed by atoms with E-state index in [4.69, 9.17) is 0 Å². The molecule has 12 heteroatoms. The topological polar surface area (TPSA) is 123 Å². The molecule has 5 rings (SSSR count). The largest absolute Gasteiger partial charge is 0.367 e. The highest BCUT2D eigenvalue weighted by Gasteiger charge is 2.35. The minimum Gasteiger partial charge on any atom is -0.367 e. The Morgan fingerprint density at radius 3 is 2.85 bits per heavy atom. The zero-order chi connectivity index (χ0) is 23.8. The summed E-state index contributed by atoms with van der Waals surface area (Å²) in [7, 11) is 0. The lowest BCUT2D eigenvalue weighted by atomic mass is 9.96. The minimum absolute atomic E-state index is 0.121. The molecule has 0 bridgehead atoms. The van der Waals surface area contributed by atoms with Gasteiger partial charge in [-0.05, 0) is 12.5 Å². The highest BCUT2D eigenvalue weighted by molar-refractivity contribution is 5.89. The van der Waals surface area contributed by atoms with Crippen LogP contribution in [-0.2, 0) is 0 Å². The lowest BCUT2D eigenvalue weighted by Crippen LogP contribution is -2.27. The van der Waals surface area contributed by atoms with E-state index in [-0.39, 0.29) is 31.5 Å². The van der Waals surface area contributed by atoms with E-state index in [0.29, 0.717) is 17.8 Å². The summed E-state index contributed by atoms with van der Waals surface area (Å²) >= 11 is 0. The van der Waals surface area contributed by atoms with Crippen LogP contribution in [0.1, 0.15) is 24.4 Å². The van der Waals surface area contributed by atoms with Gasteiger partial charge in [-0.1, -0.05) is 0 Å². The summed E-state index contributed by atoms with van der Waals surface area (Å²) in [5.74, 6) is -4.50. The summed E-state index contributed by atoms with van der Waals surface area (Å²) in [6.45, 7) is 0.441. The van der Waals surface area contributed by atoms with Crippen LogP contribution in [0.25, 0.3) is 22.3 Å². The van der Waals surface area contributed by atoms with Crippen molar-refractivity contribution >= 4 is 16.7 Å². The van der Waals surface area contributed by atoms with Crippen molar-refractivity contribution < 1.29 is 13.2 Å². The van der Waals surface area contributed by atoms with Crippen molar-refractivity contribution in [2.75, 3.05) is 18.0 Å². The van der Waals surface area contributed by atoms with Crippen LogP contribution in [0, 0.1) is 46.3 Å². The third-order valence-electron chi connectivity index (χ3n) is 6.09. The predicted octanol–water partition coefficient (Wildman–Crippen LogP) is 3.49. The number of anilines is 1. The van der Waals surface area contributed by atoms with E-state index in [2.05, 4.69) is 31.1 Å². The number of H-pyrrole nitrogens is 1. The molecule has 1 aliphatic rings. The molecule has 1 fully saturated rings. The lowest BCUT2D eigenvalue weighted by molar-refractivity contribution is 0.331. The van der Waals surface area contributed by atoms with Gasteiger partial charge in [-0.25, -0.2) is 9.97 Å². The number of halogens is 3. The van der Waals surface area contributed by atoms with E-state index >= 15 is 0 Å². The van der Waals surface area contributed by atoms with Crippen LogP contribution in [0.5, 0.6) is 0 Å². The van der Waals surface area contributed by atoms with Gasteiger partial charge < -0.3 is 9.88 Å². The Kier molecular flexibility index (Phi) is 5.34. The maximum Gasteiger partial charge on any atom is 0.253 e. The normalized spacial score (nSPS) is 16.5. The summed E-state index contributed by atoms with van der Waals surface area (Å²) in [5.41, 5.74) is 1.02. The molecule has 4 aromatic heterocycles. The molecule has 0 aliphatic carbocycles. The highest BCUT2D eigenvalue weighted by atomic mass is 19.2. The smallest absolute Gasteiger partial charge is 0.253 e. The maximum absolute atomic E-state index is 14.5. The lowest BCUT2D eigenvalue weighted by Gasteiger charge is -2.24. The van der Waals surface area contributed by atoms with E-state index in [1.54, 1.807) is 29.3 Å². The first-order valence-electron chi connectivity index (χ1n) is 10.4. The maximum atomic E-state index is 14.5. The first-order valence-corrected chi connectivity index (χ1v) is 10.4. The van der Waals surface area contributed by atoms with Crippen LogP contribution < -0.4 is 4.90 Å². The number of rotatable bonds is 5. The van der Waals surface area contributed by atoms with Crippen LogP contribution in [0.4, 0.5) is 18.9 Å². The molecule has 9 nitrogen and oxygen atoms in total. The number of aromatic amines is 1. The summed E-state index contributed by atoms with van der Waals surface area (Å²) in [5, 5.41) is 24.0. The molecule has 170 valence electrons. The summed E-state index contributed by atoms with van der Waals surface area (Å²) in [6.07, 6.45) is 7.27. The van der Waals surface area contributed by atoms with E-state index in [0.717, 1.165) is 10.9 Å². The van der Waals surface area contributed by atoms with Crippen molar-refractivity contribution in [1.82, 2.24) is 29.7 Å². The highest BCUT2D eigenvalue weighted by Crippen LogP contribution is 2.37. The van der Waals surface area contributed by atoms with E-state index in [1.165, 1.54) is 11.2 Å². The number of fused-ring (bicyclic) bond motifs is 1. The van der Waals surface area contributed by atoms with Gasteiger partial charge in [-0.3, -0.25) is 4.68 Å². The molecule has 0 aromatic carbocycles. The number of aromatic nitrogens is 6. The van der Waals surface area contributed by atoms with Crippen LogP contribution in [0.2, 0.25) is 0 Å². The van der Waals surface area contributed by atoms with Gasteiger partial charge in [0.2, 0.25) is 11.8 Å². The van der Waals surface area contributed by atoms with Gasteiger partial charge in [0.15, 0.2) is 0 Å². The minimum atomic E-state index is -1.60. The molecule has 0 amide bonds. The van der Waals surface area contributed by atoms with E-state index in [1.807, 2.05) is 6.07 Å². The van der Waals surface area contributed by atoms with Gasteiger partial charge in [0.05, 0.1) is 30.4 Å². The van der Waals surface area contributed by atoms with Gasteiger partial charge in [0.25, 0.3) is 5.95 Å². The number of hydrogen-bond donors (Lipinski definition) is 1. The van der Waals surface area contributed by atoms with Crippen molar-refractivity contribution in [3.8, 4) is 23.4 Å². The van der Waals surface area contributed by atoms with Crippen molar-refractivity contribution in [2.24, 2.45) is 5.92 Å². The summed E-state index contributed by atoms with van der Waals surface area (Å²) in [6, 6.07) is 5.21. The molecule has 0 spiro atoms. The van der Waals surface area contributed by atoms with Crippen molar-refractivity contribution in [3.63, 3.8) is 0 Å². The van der Waals surface area contributed by atoms with Gasteiger partial charge in [-0.2, -0.15) is 33.8 Å². The van der Waals surface area contributed by atoms with Gasteiger partial charge in [0.1, 0.15) is 29.3 Å². The standard InChI is InChI=1S/C22H16F3N9/c23-17-19(15(7-27)20(24)32-21(17)25)33-6-3-12(9-33)16(1-4-26)34-10-13(8-31-34)18-14-2-5-28-22(14)30-11-29-18/h2,5,8,10-12,16H,1,3,6,9H2,(H,28,29,30). The fourth-order valence-electron chi connectivity index (χ4n) is 4.51. The molecule has 1 N–H and O–H groups in total. The first-order chi connectivity index (χ1) is 16.5. The Morgan fingerprint density at radius 2 is 2.06 bits per heavy atom. The Labute approximate surface area is 191 Å². The molecule has 2 unspecified atom stereocenters. The zero-order valence-electron chi connectivity index (χ0n) is 17.6. The van der Waals surface area contributed by atoms with Gasteiger partial charge in [0, 0.05) is 42.4 Å². The average molecular weight is 463 g/mol.